The molecule has 0 aromatic carbocycles. The van der Waals surface area contributed by atoms with Gasteiger partial charge in [-0.15, -0.1) is 0 Å². The normalized spacial score (nSPS) is 24.5. The van der Waals surface area contributed by atoms with Crippen molar-refractivity contribution in [1.29, 1.82) is 0 Å². The van der Waals surface area contributed by atoms with Crippen molar-refractivity contribution in [2.75, 3.05) is 0 Å². The van der Waals surface area contributed by atoms with Crippen molar-refractivity contribution in [3.8, 4) is 0 Å². The first kappa shape index (κ1) is 11.9. The summed E-state index contributed by atoms with van der Waals surface area (Å²) in [6.07, 6.45) is 5.84. The Kier molecular flexibility index (Phi) is 3.31. The van der Waals surface area contributed by atoms with E-state index >= 15 is 0 Å². The third-order valence-electron chi connectivity index (χ3n) is 3.58. The van der Waals surface area contributed by atoms with Gasteiger partial charge in [-0.05, 0) is 43.7 Å². The molecule has 0 atom stereocenters. The highest BCUT2D eigenvalue weighted by molar-refractivity contribution is 5.86. The third kappa shape index (κ3) is 2.40. The molecule has 0 radical (unpaired) electrons. The molecular weight excluding hydrogens is 218 g/mol. The van der Waals surface area contributed by atoms with Crippen molar-refractivity contribution in [3.63, 3.8) is 0 Å². The van der Waals surface area contributed by atoms with Gasteiger partial charge in [-0.2, -0.15) is 0 Å². The molecule has 1 aromatic heterocycles. The number of hydrogen-bond donors (Lipinski definition) is 1. The van der Waals surface area contributed by atoms with E-state index in [1.807, 2.05) is 0 Å². The minimum Gasteiger partial charge on any atom is -0.477 e. The average molecular weight is 235 g/mol. The maximum absolute atomic E-state index is 12.0. The Hall–Kier alpha value is -1.58. The monoisotopic (exact) mass is 235 g/mol. The maximum atomic E-state index is 12.0. The highest BCUT2D eigenvalue weighted by atomic mass is 16.4. The predicted octanol–water partition coefficient (Wildman–Crippen LogP) is 2.30. The second kappa shape index (κ2) is 4.73. The van der Waals surface area contributed by atoms with Gasteiger partial charge in [0.05, 0.1) is 0 Å². The Balaban J connectivity index is 2.30. The van der Waals surface area contributed by atoms with E-state index in [1.54, 1.807) is 16.8 Å². The fraction of sp³-hybridized carbons (Fsp3) is 0.538. The van der Waals surface area contributed by atoms with Crippen LogP contribution in [0.5, 0.6) is 0 Å². The van der Waals surface area contributed by atoms with Crippen molar-refractivity contribution in [3.05, 3.63) is 34.2 Å². The summed E-state index contributed by atoms with van der Waals surface area (Å²) >= 11 is 0. The summed E-state index contributed by atoms with van der Waals surface area (Å²) in [6.45, 7) is 2.21. The molecule has 0 bridgehead atoms. The van der Waals surface area contributed by atoms with Crippen LogP contribution < -0.4 is 5.56 Å². The standard InChI is InChI=1S/C13H17NO3/c1-9-4-6-10(7-5-9)14-8-2-3-11(12(14)15)13(16)17/h2-3,8-10H,4-7H2,1H3,(H,16,17). The van der Waals surface area contributed by atoms with Crippen molar-refractivity contribution in [1.82, 2.24) is 4.57 Å². The molecule has 0 unspecified atom stereocenters. The van der Waals surface area contributed by atoms with Crippen LogP contribution in [0.15, 0.2) is 23.1 Å². The summed E-state index contributed by atoms with van der Waals surface area (Å²) in [5.41, 5.74) is -0.509. The molecule has 1 fully saturated rings. The van der Waals surface area contributed by atoms with Gasteiger partial charge in [0.2, 0.25) is 0 Å². The van der Waals surface area contributed by atoms with Crippen molar-refractivity contribution < 1.29 is 9.90 Å². The molecule has 0 aliphatic heterocycles. The van der Waals surface area contributed by atoms with Gasteiger partial charge in [0, 0.05) is 12.2 Å². The Morgan fingerprint density at radius 2 is 2.00 bits per heavy atom. The molecule has 1 heterocycles. The second-order valence-corrected chi connectivity index (χ2v) is 4.85. The highest BCUT2D eigenvalue weighted by Crippen LogP contribution is 2.30. The fourth-order valence-electron chi connectivity index (χ4n) is 2.48. The number of hydrogen-bond acceptors (Lipinski definition) is 2. The molecule has 1 saturated carbocycles. The van der Waals surface area contributed by atoms with Gasteiger partial charge in [0.15, 0.2) is 0 Å². The Bertz CT molecular complexity index is 470. The number of rotatable bonds is 2. The molecule has 2 rings (SSSR count). The van der Waals surface area contributed by atoms with Crippen LogP contribution in [0.25, 0.3) is 0 Å². The van der Waals surface area contributed by atoms with E-state index in [0.29, 0.717) is 5.92 Å². The number of pyridine rings is 1. The van der Waals surface area contributed by atoms with Crippen LogP contribution in [0.1, 0.15) is 49.0 Å². The van der Waals surface area contributed by atoms with Crippen LogP contribution in [-0.2, 0) is 0 Å². The number of aromatic carboxylic acids is 1. The molecular formula is C13H17NO3. The molecule has 4 nitrogen and oxygen atoms in total. The lowest BCUT2D eigenvalue weighted by Crippen LogP contribution is -2.30. The molecule has 1 aliphatic carbocycles. The number of carbonyl (C=O) groups is 1. The maximum Gasteiger partial charge on any atom is 0.341 e. The van der Waals surface area contributed by atoms with Crippen LogP contribution in [0.2, 0.25) is 0 Å². The summed E-state index contributed by atoms with van der Waals surface area (Å²) in [5, 5.41) is 8.92. The van der Waals surface area contributed by atoms with Crippen LogP contribution in [0.4, 0.5) is 0 Å². The highest BCUT2D eigenvalue weighted by Gasteiger charge is 2.21. The summed E-state index contributed by atoms with van der Waals surface area (Å²) in [5.74, 6) is -0.432. The lowest BCUT2D eigenvalue weighted by molar-refractivity contribution is 0.0693. The van der Waals surface area contributed by atoms with Crippen molar-refractivity contribution in [2.45, 2.75) is 38.6 Å². The zero-order chi connectivity index (χ0) is 12.4. The third-order valence-corrected chi connectivity index (χ3v) is 3.58. The molecule has 1 aliphatic rings. The smallest absolute Gasteiger partial charge is 0.341 e. The molecule has 0 spiro atoms. The first-order chi connectivity index (χ1) is 8.09. The van der Waals surface area contributed by atoms with Gasteiger partial charge >= 0.3 is 5.97 Å². The van der Waals surface area contributed by atoms with E-state index in [1.165, 1.54) is 6.07 Å². The first-order valence-electron chi connectivity index (χ1n) is 6.04. The topological polar surface area (TPSA) is 59.3 Å². The second-order valence-electron chi connectivity index (χ2n) is 4.85. The zero-order valence-electron chi connectivity index (χ0n) is 9.93. The SMILES string of the molecule is CC1CCC(n2cccc(C(=O)O)c2=O)CC1. The fourth-order valence-corrected chi connectivity index (χ4v) is 2.48. The number of nitrogens with zero attached hydrogens (tertiary/aromatic N) is 1. The van der Waals surface area contributed by atoms with Crippen LogP contribution in [-0.4, -0.2) is 15.6 Å². The van der Waals surface area contributed by atoms with E-state index in [0.717, 1.165) is 25.7 Å². The van der Waals surface area contributed by atoms with E-state index in [9.17, 15) is 9.59 Å². The van der Waals surface area contributed by atoms with Crippen LogP contribution >= 0.6 is 0 Å². The number of carboxylic acid groups (broad SMARTS) is 1. The van der Waals surface area contributed by atoms with E-state index in [4.69, 9.17) is 5.11 Å². The predicted molar refractivity (Wildman–Crippen MR) is 64.3 cm³/mol. The molecule has 1 aromatic rings. The number of aromatic nitrogens is 1. The Morgan fingerprint density at radius 1 is 1.35 bits per heavy atom. The lowest BCUT2D eigenvalue weighted by Gasteiger charge is -2.27. The summed E-state index contributed by atoms with van der Waals surface area (Å²) < 4.78 is 1.59. The van der Waals surface area contributed by atoms with Crippen LogP contribution in [0, 0.1) is 5.92 Å². The van der Waals surface area contributed by atoms with Gasteiger partial charge < -0.3 is 9.67 Å². The van der Waals surface area contributed by atoms with Crippen LogP contribution in [0.3, 0.4) is 0 Å². The van der Waals surface area contributed by atoms with E-state index in [-0.39, 0.29) is 17.2 Å². The molecule has 17 heavy (non-hydrogen) atoms. The Morgan fingerprint density at radius 3 is 2.59 bits per heavy atom. The van der Waals surface area contributed by atoms with Gasteiger partial charge in [0.1, 0.15) is 5.56 Å². The van der Waals surface area contributed by atoms with E-state index < -0.39 is 5.97 Å². The molecule has 4 heteroatoms. The first-order valence-corrected chi connectivity index (χ1v) is 6.04. The van der Waals surface area contributed by atoms with Crippen molar-refractivity contribution in [2.24, 2.45) is 5.92 Å². The largest absolute Gasteiger partial charge is 0.477 e. The van der Waals surface area contributed by atoms with Gasteiger partial charge in [0.25, 0.3) is 5.56 Å². The minimum atomic E-state index is -1.14. The zero-order valence-corrected chi connectivity index (χ0v) is 9.93. The quantitative estimate of drug-likeness (QED) is 0.855. The van der Waals surface area contributed by atoms with E-state index in [2.05, 4.69) is 6.92 Å². The summed E-state index contributed by atoms with van der Waals surface area (Å²) in [7, 11) is 0. The number of carboxylic acids is 1. The summed E-state index contributed by atoms with van der Waals surface area (Å²) in [4.78, 5) is 22.9. The molecule has 1 N–H and O–H groups in total. The summed E-state index contributed by atoms with van der Waals surface area (Å²) in [6, 6.07) is 3.17. The molecule has 0 amide bonds. The average Bonchev–Trinajstić information content (AvgIpc) is 2.30. The lowest BCUT2D eigenvalue weighted by atomic mass is 9.87. The molecule has 92 valence electrons. The van der Waals surface area contributed by atoms with Gasteiger partial charge in [-0.25, -0.2) is 4.79 Å². The van der Waals surface area contributed by atoms with Gasteiger partial charge in [-0.1, -0.05) is 6.92 Å². The minimum absolute atomic E-state index is 0.133. The van der Waals surface area contributed by atoms with Crippen molar-refractivity contribution >= 4 is 5.97 Å². The molecule has 0 saturated heterocycles. The van der Waals surface area contributed by atoms with Gasteiger partial charge in [-0.3, -0.25) is 4.79 Å². The Labute approximate surface area is 99.9 Å².